The van der Waals surface area contributed by atoms with Gasteiger partial charge in [-0.3, -0.25) is 29.0 Å². The number of aromatic nitrogens is 1. The summed E-state index contributed by atoms with van der Waals surface area (Å²) in [5.74, 6) is 0.235. The van der Waals surface area contributed by atoms with Crippen molar-refractivity contribution in [3.05, 3.63) is 53.9 Å². The zero-order valence-electron chi connectivity index (χ0n) is 32.3. The molecule has 0 unspecified atom stereocenters. The van der Waals surface area contributed by atoms with Crippen molar-refractivity contribution in [3.63, 3.8) is 0 Å². The first-order chi connectivity index (χ1) is 23.4. The number of Topliss-reactive ketones (excluding diaryl/α,β-unsaturated/α-hetero) is 4. The van der Waals surface area contributed by atoms with Crippen LogP contribution in [0.4, 0.5) is 0 Å². The van der Waals surface area contributed by atoms with Crippen molar-refractivity contribution in [1.82, 2.24) is 10.3 Å². The normalized spacial score (nSPS) is 9.98. The maximum atomic E-state index is 11.8. The van der Waals surface area contributed by atoms with Crippen molar-refractivity contribution in [2.45, 2.75) is 108 Å². The molecule has 1 amide bonds. The molecule has 0 aliphatic rings. The maximum Gasteiger partial charge on any atom is 0.207 e. The number of hydrogen-bond acceptors (Lipinski definition) is 9. The van der Waals surface area contributed by atoms with Crippen LogP contribution in [0.5, 0.6) is 0 Å². The highest BCUT2D eigenvalue weighted by Gasteiger charge is 2.31. The molecule has 10 heteroatoms. The van der Waals surface area contributed by atoms with Gasteiger partial charge in [0.25, 0.3) is 0 Å². The van der Waals surface area contributed by atoms with Crippen LogP contribution in [0, 0.1) is 12.8 Å². The first kappa shape index (κ1) is 49.8. The van der Waals surface area contributed by atoms with Gasteiger partial charge in [0.15, 0.2) is 5.78 Å². The van der Waals surface area contributed by atoms with E-state index in [1.54, 1.807) is 0 Å². The third kappa shape index (κ3) is 25.1. The molecule has 49 heavy (non-hydrogen) atoms. The lowest BCUT2D eigenvalue weighted by molar-refractivity contribution is -0.122. The van der Waals surface area contributed by atoms with Gasteiger partial charge in [0, 0.05) is 48.2 Å². The second-order valence-electron chi connectivity index (χ2n) is 10.8. The van der Waals surface area contributed by atoms with Crippen LogP contribution in [-0.2, 0) is 33.4 Å². The number of nitrogens with one attached hydrogen (secondary N) is 1. The molecular weight excluding hydrogens is 624 g/mol. The van der Waals surface area contributed by atoms with Gasteiger partial charge in [0.05, 0.1) is 39.6 Å². The van der Waals surface area contributed by atoms with E-state index in [0.717, 1.165) is 22.4 Å². The Labute approximate surface area is 296 Å². The van der Waals surface area contributed by atoms with Crippen molar-refractivity contribution < 1.29 is 38.2 Å². The Morgan fingerprint density at radius 2 is 1.08 bits per heavy atom. The lowest BCUT2D eigenvalue weighted by Gasteiger charge is -2.32. The summed E-state index contributed by atoms with van der Waals surface area (Å²) in [6.45, 7) is 23.1. The van der Waals surface area contributed by atoms with Gasteiger partial charge in [0.1, 0.15) is 22.9 Å². The van der Waals surface area contributed by atoms with Crippen LogP contribution in [0.1, 0.15) is 111 Å². The lowest BCUT2D eigenvalue weighted by atomic mass is 9.98. The van der Waals surface area contributed by atoms with Crippen LogP contribution in [-0.4, -0.2) is 79.7 Å². The average molecular weight is 689 g/mol. The second kappa shape index (κ2) is 31.7. The summed E-state index contributed by atoms with van der Waals surface area (Å²) in [6, 6.07) is 11.8. The molecule has 0 aliphatic carbocycles. The number of benzene rings is 1. The number of ketones is 4. The van der Waals surface area contributed by atoms with Gasteiger partial charge in [-0.1, -0.05) is 85.7 Å². The van der Waals surface area contributed by atoms with E-state index in [9.17, 15) is 24.0 Å². The zero-order valence-corrected chi connectivity index (χ0v) is 32.3. The van der Waals surface area contributed by atoms with Gasteiger partial charge in [-0.2, -0.15) is 0 Å². The highest BCUT2D eigenvalue weighted by atomic mass is 16.5. The third-order valence-electron chi connectivity index (χ3n) is 6.23. The van der Waals surface area contributed by atoms with E-state index in [1.165, 1.54) is 20.8 Å². The summed E-state index contributed by atoms with van der Waals surface area (Å²) in [5.41, 5.74) is 2.98. The van der Waals surface area contributed by atoms with Crippen molar-refractivity contribution in [3.8, 4) is 11.1 Å². The minimum absolute atomic E-state index is 0.00404. The highest BCUT2D eigenvalue weighted by molar-refractivity contribution is 5.97. The molecule has 0 aliphatic heterocycles. The Morgan fingerprint density at radius 3 is 1.39 bits per heavy atom. The molecule has 0 fully saturated rings. The fourth-order valence-corrected chi connectivity index (χ4v) is 3.62. The minimum Gasteiger partial charge on any atom is -0.378 e. The van der Waals surface area contributed by atoms with Crippen molar-refractivity contribution >= 4 is 29.5 Å². The van der Waals surface area contributed by atoms with Crippen LogP contribution >= 0.6 is 0 Å². The molecule has 1 N–H and O–H groups in total. The molecule has 1 aromatic heterocycles. The van der Waals surface area contributed by atoms with Crippen molar-refractivity contribution in [1.29, 1.82) is 0 Å². The first-order valence-corrected chi connectivity index (χ1v) is 17.4. The molecule has 278 valence electrons. The van der Waals surface area contributed by atoms with E-state index in [4.69, 9.17) is 14.2 Å². The summed E-state index contributed by atoms with van der Waals surface area (Å²) in [7, 11) is 0. The molecule has 0 bridgehead atoms. The monoisotopic (exact) mass is 688 g/mol. The average Bonchev–Trinajstić information content (AvgIpc) is 3.10. The molecule has 1 aromatic carbocycles. The predicted molar refractivity (Wildman–Crippen MR) is 198 cm³/mol. The molecule has 0 saturated heterocycles. The van der Waals surface area contributed by atoms with E-state index >= 15 is 0 Å². The van der Waals surface area contributed by atoms with Gasteiger partial charge in [-0.15, -0.1) is 0 Å². The molecule has 0 radical (unpaired) electrons. The number of rotatable bonds is 20. The highest BCUT2D eigenvalue weighted by Crippen LogP contribution is 2.20. The molecular formula is C39H64N2O8. The van der Waals surface area contributed by atoms with Gasteiger partial charge < -0.3 is 19.5 Å². The summed E-state index contributed by atoms with van der Waals surface area (Å²) in [5, 5.41) is 2.65. The number of carbonyl (C=O) groups is 5. The molecule has 1 heterocycles. The van der Waals surface area contributed by atoms with Crippen LogP contribution in [0.15, 0.2) is 42.6 Å². The second-order valence-corrected chi connectivity index (χ2v) is 10.8. The fourth-order valence-electron chi connectivity index (χ4n) is 3.62. The zero-order chi connectivity index (χ0) is 38.3. The number of ether oxygens (including phenoxy) is 3. The summed E-state index contributed by atoms with van der Waals surface area (Å²) >= 11 is 0. The summed E-state index contributed by atoms with van der Waals surface area (Å²) in [4.78, 5) is 60.0. The Balaban J connectivity index is -0.000000771. The van der Waals surface area contributed by atoms with E-state index in [2.05, 4.69) is 10.3 Å². The Morgan fingerprint density at radius 1 is 0.694 bits per heavy atom. The molecule has 0 atom stereocenters. The van der Waals surface area contributed by atoms with Gasteiger partial charge in [-0.25, -0.2) is 0 Å². The largest absolute Gasteiger partial charge is 0.378 e. The number of nitrogens with zero attached hydrogens (tertiary/aromatic N) is 1. The molecule has 10 nitrogen and oxygen atoms in total. The topological polar surface area (TPSA) is 138 Å². The predicted octanol–water partition coefficient (Wildman–Crippen LogP) is 7.43. The number of carbonyl (C=O) groups excluding carboxylic acids is 5. The quantitative estimate of drug-likeness (QED) is 0.0855. The van der Waals surface area contributed by atoms with E-state index < -0.39 is 5.54 Å². The van der Waals surface area contributed by atoms with Crippen LogP contribution in [0.25, 0.3) is 11.1 Å². The summed E-state index contributed by atoms with van der Waals surface area (Å²) in [6.07, 6.45) is 3.19. The number of pyridine rings is 1. The SMILES string of the molecule is CC.CC.CC.CC(=O)CCOCC(COCCC(C)=O)(COCCC(C)=O)NC=O.Cc1ccc(-c2ccc(C(=O)C(C)C)cc2)cn1. The van der Waals surface area contributed by atoms with Crippen LogP contribution in [0.3, 0.4) is 0 Å². The maximum absolute atomic E-state index is 11.8. The van der Waals surface area contributed by atoms with Crippen LogP contribution < -0.4 is 5.32 Å². The molecule has 2 rings (SSSR count). The Kier molecular flexibility index (Phi) is 32.2. The number of hydrogen-bond donors (Lipinski definition) is 1. The number of amides is 1. The third-order valence-corrected chi connectivity index (χ3v) is 6.23. The standard InChI is InChI=1S/C17H29NO7.C16H17NO.3C2H6/c1-14(20)4-7-23-10-17(18-13-19,11-24-8-5-15(2)21)12-25-9-6-16(3)22;1-11(2)16(18)14-8-6-13(7-9-14)15-5-4-12(3)17-10-15;3*1-2/h13H,4-12H2,1-3H3,(H,18,19);4-11H,1-3H3;3*1-2H3. The fraction of sp³-hybridized carbons (Fsp3) is 0.590. The first-order valence-electron chi connectivity index (χ1n) is 17.4. The van der Waals surface area contributed by atoms with Crippen molar-refractivity contribution in [2.24, 2.45) is 5.92 Å². The lowest BCUT2D eigenvalue weighted by Crippen LogP contribution is -2.56. The van der Waals surface area contributed by atoms with Gasteiger partial charge in [-0.05, 0) is 39.3 Å². The number of aryl methyl sites for hydroxylation is 1. The Bertz CT molecular complexity index is 1110. The van der Waals surface area contributed by atoms with Crippen LogP contribution in [0.2, 0.25) is 0 Å². The van der Waals surface area contributed by atoms with E-state index in [0.29, 0.717) is 6.41 Å². The smallest absolute Gasteiger partial charge is 0.207 e. The van der Waals surface area contributed by atoms with Crippen molar-refractivity contribution in [2.75, 3.05) is 39.6 Å². The Hall–Kier alpha value is -3.60. The minimum atomic E-state index is -0.952. The van der Waals surface area contributed by atoms with E-state index in [-0.39, 0.29) is 88.0 Å². The van der Waals surface area contributed by atoms with E-state index in [1.807, 2.05) is 105 Å². The molecule has 2 aromatic rings. The molecule has 0 saturated carbocycles. The summed E-state index contributed by atoms with van der Waals surface area (Å²) < 4.78 is 16.4. The van der Waals surface area contributed by atoms with Gasteiger partial charge in [0.2, 0.25) is 6.41 Å². The van der Waals surface area contributed by atoms with Gasteiger partial charge >= 0.3 is 0 Å². The molecule has 0 spiro atoms.